The van der Waals surface area contributed by atoms with Gasteiger partial charge in [-0.25, -0.2) is 22.7 Å². The van der Waals surface area contributed by atoms with Crippen molar-refractivity contribution in [3.8, 4) is 29.0 Å². The Morgan fingerprint density at radius 1 is 1.21 bits per heavy atom. The van der Waals surface area contributed by atoms with E-state index in [9.17, 15) is 13.7 Å². The third-order valence-electron chi connectivity index (χ3n) is 4.84. The minimum absolute atomic E-state index is 0.143. The molecule has 34 heavy (non-hydrogen) atoms. The highest BCUT2D eigenvalue weighted by Crippen LogP contribution is 2.28. The van der Waals surface area contributed by atoms with Crippen LogP contribution in [0.5, 0.6) is 5.75 Å². The van der Waals surface area contributed by atoms with Crippen molar-refractivity contribution in [1.29, 1.82) is 10.5 Å². The summed E-state index contributed by atoms with van der Waals surface area (Å²) >= 11 is 0. The fourth-order valence-corrected chi connectivity index (χ4v) is 3.51. The van der Waals surface area contributed by atoms with Crippen molar-refractivity contribution < 1.29 is 13.2 Å². The molecule has 2 heterocycles. The molecule has 0 amide bonds. The minimum Gasteiger partial charge on any atom is -0.488 e. The van der Waals surface area contributed by atoms with E-state index in [4.69, 9.17) is 10.00 Å². The van der Waals surface area contributed by atoms with Gasteiger partial charge in [0, 0.05) is 31.2 Å². The van der Waals surface area contributed by atoms with Crippen LogP contribution >= 0.6 is 0 Å². The van der Waals surface area contributed by atoms with Gasteiger partial charge < -0.3 is 10.1 Å². The van der Waals surface area contributed by atoms with E-state index in [1.165, 1.54) is 11.4 Å². The van der Waals surface area contributed by atoms with Crippen LogP contribution in [-0.2, 0) is 16.6 Å². The van der Waals surface area contributed by atoms with Crippen LogP contribution in [0.15, 0.2) is 43.0 Å². The SMILES string of the molecule is CC(CN(C)S(C)(=O)=O)Oc1cc(-c2cnc(Nc3cnn(CCC#N)c3)nc2)ccc1C#N. The lowest BCUT2D eigenvalue weighted by Gasteiger charge is -2.21. The molecule has 0 spiro atoms. The van der Waals surface area contributed by atoms with Gasteiger partial charge in [0.1, 0.15) is 17.9 Å². The van der Waals surface area contributed by atoms with E-state index in [0.717, 1.165) is 11.8 Å². The van der Waals surface area contributed by atoms with E-state index in [-0.39, 0.29) is 6.54 Å². The topological polar surface area (TPSA) is 150 Å². The normalized spacial score (nSPS) is 12.1. The Morgan fingerprint density at radius 2 is 1.94 bits per heavy atom. The molecule has 12 heteroatoms. The maximum absolute atomic E-state index is 11.7. The number of ether oxygens (including phenoxy) is 1. The maximum atomic E-state index is 11.7. The molecular weight excluding hydrogens is 456 g/mol. The first-order chi connectivity index (χ1) is 16.2. The van der Waals surface area contributed by atoms with Gasteiger partial charge in [-0.3, -0.25) is 4.68 Å². The highest BCUT2D eigenvalue weighted by Gasteiger charge is 2.17. The molecule has 3 rings (SSSR count). The van der Waals surface area contributed by atoms with Crippen molar-refractivity contribution in [3.63, 3.8) is 0 Å². The van der Waals surface area contributed by atoms with E-state index in [2.05, 4.69) is 32.5 Å². The van der Waals surface area contributed by atoms with Gasteiger partial charge in [-0.05, 0) is 24.6 Å². The van der Waals surface area contributed by atoms with Crippen LogP contribution in [0.3, 0.4) is 0 Å². The number of anilines is 2. The number of hydrogen-bond acceptors (Lipinski definition) is 9. The van der Waals surface area contributed by atoms with Gasteiger partial charge >= 0.3 is 0 Å². The smallest absolute Gasteiger partial charge is 0.227 e. The van der Waals surface area contributed by atoms with Crippen molar-refractivity contribution in [1.82, 2.24) is 24.1 Å². The second-order valence-electron chi connectivity index (χ2n) is 7.62. The third-order valence-corrected chi connectivity index (χ3v) is 6.12. The van der Waals surface area contributed by atoms with Crippen molar-refractivity contribution >= 4 is 21.7 Å². The van der Waals surface area contributed by atoms with Crippen LogP contribution in [0.2, 0.25) is 0 Å². The first kappa shape index (κ1) is 24.6. The lowest BCUT2D eigenvalue weighted by Crippen LogP contribution is -2.34. The Morgan fingerprint density at radius 3 is 2.59 bits per heavy atom. The molecule has 0 aliphatic heterocycles. The molecule has 1 atom stereocenters. The predicted molar refractivity (Wildman–Crippen MR) is 125 cm³/mol. The Labute approximate surface area is 198 Å². The van der Waals surface area contributed by atoms with Crippen LogP contribution in [0.25, 0.3) is 11.1 Å². The Balaban J connectivity index is 1.72. The molecule has 3 aromatic rings. The monoisotopic (exact) mass is 480 g/mol. The summed E-state index contributed by atoms with van der Waals surface area (Å²) in [6.07, 6.45) is 7.70. The Kier molecular flexibility index (Phi) is 7.79. The van der Waals surface area contributed by atoms with Gasteiger partial charge in [0.15, 0.2) is 0 Å². The molecule has 0 bridgehead atoms. The number of nitriles is 2. The first-order valence-corrected chi connectivity index (χ1v) is 12.2. The molecule has 2 aromatic heterocycles. The van der Waals surface area contributed by atoms with E-state index in [0.29, 0.717) is 41.5 Å². The minimum atomic E-state index is -3.34. The molecule has 0 radical (unpaired) electrons. The zero-order valence-corrected chi connectivity index (χ0v) is 19.8. The van der Waals surface area contributed by atoms with Crippen LogP contribution in [-0.4, -0.2) is 58.4 Å². The second kappa shape index (κ2) is 10.7. The van der Waals surface area contributed by atoms with Gasteiger partial charge in [-0.1, -0.05) is 6.07 Å². The average molecular weight is 481 g/mol. The molecule has 1 N–H and O–H groups in total. The molecular formula is C22H24N8O3S. The Hall–Kier alpha value is -4.00. The predicted octanol–water partition coefficient (Wildman–Crippen LogP) is 2.53. The van der Waals surface area contributed by atoms with Crippen LogP contribution < -0.4 is 10.1 Å². The molecule has 0 aliphatic rings. The molecule has 11 nitrogen and oxygen atoms in total. The fourth-order valence-electron chi connectivity index (χ4n) is 3.03. The summed E-state index contributed by atoms with van der Waals surface area (Å²) in [6, 6.07) is 9.28. The Bertz CT molecular complexity index is 1320. The van der Waals surface area contributed by atoms with Gasteiger partial charge in [-0.2, -0.15) is 15.6 Å². The third kappa shape index (κ3) is 6.51. The van der Waals surface area contributed by atoms with Crippen molar-refractivity contribution in [2.75, 3.05) is 25.2 Å². The lowest BCUT2D eigenvalue weighted by molar-refractivity contribution is 0.195. The van der Waals surface area contributed by atoms with Crippen LogP contribution in [0.1, 0.15) is 18.9 Å². The zero-order valence-electron chi connectivity index (χ0n) is 19.0. The number of benzene rings is 1. The molecule has 0 aliphatic carbocycles. The van der Waals surface area contributed by atoms with Crippen LogP contribution in [0, 0.1) is 22.7 Å². The maximum Gasteiger partial charge on any atom is 0.227 e. The second-order valence-corrected chi connectivity index (χ2v) is 9.70. The number of likely N-dealkylation sites (N-methyl/N-ethyl adjacent to an activating group) is 1. The standard InChI is InChI=1S/C22H24N8O3S/c1-16(14-29(2)34(3,31)32)33-21-9-17(5-6-18(21)10-24)19-11-25-22(26-12-19)28-20-13-27-30(15-20)8-4-7-23/h5-6,9,11-13,15-16H,4,8,14H2,1-3H3,(H,25,26,28). The number of aryl methyl sites for hydroxylation is 1. The first-order valence-electron chi connectivity index (χ1n) is 10.3. The van der Waals surface area contributed by atoms with Crippen molar-refractivity contribution in [2.45, 2.75) is 26.0 Å². The molecule has 1 unspecified atom stereocenters. The summed E-state index contributed by atoms with van der Waals surface area (Å²) in [5.41, 5.74) is 2.50. The highest BCUT2D eigenvalue weighted by molar-refractivity contribution is 7.88. The van der Waals surface area contributed by atoms with E-state index in [1.807, 2.05) is 0 Å². The summed E-state index contributed by atoms with van der Waals surface area (Å²) < 4.78 is 32.0. The quantitative estimate of drug-likeness (QED) is 0.461. The molecule has 0 saturated carbocycles. The summed E-state index contributed by atoms with van der Waals surface area (Å²) in [7, 11) is -1.87. The van der Waals surface area contributed by atoms with Gasteiger partial charge in [-0.15, -0.1) is 0 Å². The van der Waals surface area contributed by atoms with Crippen LogP contribution in [0.4, 0.5) is 11.6 Å². The average Bonchev–Trinajstić information content (AvgIpc) is 3.24. The zero-order chi connectivity index (χ0) is 24.7. The van der Waals surface area contributed by atoms with E-state index in [1.54, 1.807) is 54.6 Å². The number of aromatic nitrogens is 4. The highest BCUT2D eigenvalue weighted by atomic mass is 32.2. The number of nitrogens with zero attached hydrogens (tertiary/aromatic N) is 7. The summed E-state index contributed by atoms with van der Waals surface area (Å²) in [5.74, 6) is 0.729. The largest absolute Gasteiger partial charge is 0.488 e. The molecule has 0 saturated heterocycles. The van der Waals surface area contributed by atoms with Crippen molar-refractivity contribution in [3.05, 3.63) is 48.5 Å². The number of rotatable bonds is 10. The van der Waals surface area contributed by atoms with Gasteiger partial charge in [0.25, 0.3) is 0 Å². The lowest BCUT2D eigenvalue weighted by atomic mass is 10.1. The van der Waals surface area contributed by atoms with Gasteiger partial charge in [0.05, 0.1) is 49.3 Å². The fraction of sp³-hybridized carbons (Fsp3) is 0.318. The number of sulfonamides is 1. The van der Waals surface area contributed by atoms with Gasteiger partial charge in [0.2, 0.25) is 16.0 Å². The van der Waals surface area contributed by atoms with E-state index < -0.39 is 16.1 Å². The number of hydrogen-bond donors (Lipinski definition) is 1. The van der Waals surface area contributed by atoms with E-state index >= 15 is 0 Å². The summed E-state index contributed by atoms with van der Waals surface area (Å²) in [4.78, 5) is 8.66. The molecule has 0 fully saturated rings. The number of nitrogens with one attached hydrogen (secondary N) is 1. The van der Waals surface area contributed by atoms with Crippen molar-refractivity contribution in [2.24, 2.45) is 0 Å². The summed E-state index contributed by atoms with van der Waals surface area (Å²) in [5, 5.41) is 25.3. The summed E-state index contributed by atoms with van der Waals surface area (Å²) in [6.45, 7) is 2.39. The molecule has 1 aromatic carbocycles. The molecule has 176 valence electrons.